The SMILES string of the molecule is CC1(C)c2ccccc2-c2cccc(N(c3ccc4oc5ccccc5c4c3)c3cccc4sc5cc(C6(c7ccccc7)c7ccccc7-c7ccccc76)ccc5c34)c21. The van der Waals surface area contributed by atoms with Crippen LogP contribution in [0.1, 0.15) is 47.2 Å². The minimum absolute atomic E-state index is 0.216. The van der Waals surface area contributed by atoms with Gasteiger partial charge in [-0.1, -0.05) is 166 Å². The molecule has 0 aliphatic heterocycles. The molecule has 0 amide bonds. The molecule has 61 heavy (non-hydrogen) atoms. The van der Waals surface area contributed by atoms with Crippen molar-refractivity contribution < 1.29 is 4.42 Å². The summed E-state index contributed by atoms with van der Waals surface area (Å²) >= 11 is 1.89. The number of fused-ring (bicyclic) bond motifs is 12. The summed E-state index contributed by atoms with van der Waals surface area (Å²) in [6.07, 6.45) is 0. The maximum atomic E-state index is 6.38. The van der Waals surface area contributed by atoms with Crippen molar-refractivity contribution in [2.75, 3.05) is 4.90 Å². The fourth-order valence-corrected chi connectivity index (χ4v) is 12.4. The Morgan fingerprint density at radius 2 is 1.05 bits per heavy atom. The van der Waals surface area contributed by atoms with Gasteiger partial charge in [-0.25, -0.2) is 0 Å². The van der Waals surface area contributed by atoms with E-state index in [4.69, 9.17) is 4.42 Å². The normalized spacial score (nSPS) is 14.3. The fourth-order valence-electron chi connectivity index (χ4n) is 11.2. The highest BCUT2D eigenvalue weighted by Crippen LogP contribution is 2.58. The molecule has 0 saturated carbocycles. The molecule has 0 unspecified atom stereocenters. The van der Waals surface area contributed by atoms with Gasteiger partial charge >= 0.3 is 0 Å². The molecule has 13 rings (SSSR count). The van der Waals surface area contributed by atoms with Gasteiger partial charge in [-0.2, -0.15) is 0 Å². The third-order valence-corrected chi connectivity index (χ3v) is 14.8. The van der Waals surface area contributed by atoms with Gasteiger partial charge < -0.3 is 9.32 Å². The molecule has 2 aliphatic rings. The van der Waals surface area contributed by atoms with Crippen LogP contribution >= 0.6 is 11.3 Å². The van der Waals surface area contributed by atoms with E-state index in [1.165, 1.54) is 81.5 Å². The first-order valence-electron chi connectivity index (χ1n) is 21.2. The largest absolute Gasteiger partial charge is 0.456 e. The number of anilines is 3. The van der Waals surface area contributed by atoms with Crippen LogP contribution in [0.25, 0.3) is 64.4 Å². The van der Waals surface area contributed by atoms with Crippen molar-refractivity contribution in [1.29, 1.82) is 0 Å². The third-order valence-electron chi connectivity index (χ3n) is 13.7. The molecule has 0 spiro atoms. The maximum absolute atomic E-state index is 6.38. The number of rotatable bonds is 5. The number of para-hydroxylation sites is 1. The lowest BCUT2D eigenvalue weighted by Crippen LogP contribution is -2.28. The Balaban J connectivity index is 1.08. The van der Waals surface area contributed by atoms with Gasteiger partial charge in [0.2, 0.25) is 0 Å². The summed E-state index contributed by atoms with van der Waals surface area (Å²) in [5.74, 6) is 0. The summed E-state index contributed by atoms with van der Waals surface area (Å²) in [7, 11) is 0. The lowest BCUT2D eigenvalue weighted by molar-refractivity contribution is 0.660. The molecule has 2 heterocycles. The first-order chi connectivity index (χ1) is 30.0. The molecule has 2 aliphatic carbocycles. The molecule has 11 aromatic rings. The van der Waals surface area contributed by atoms with Crippen LogP contribution in [0.15, 0.2) is 205 Å². The van der Waals surface area contributed by atoms with E-state index in [1.54, 1.807) is 0 Å². The van der Waals surface area contributed by atoms with Gasteiger partial charge in [-0.05, 0) is 104 Å². The number of thiophene rings is 1. The van der Waals surface area contributed by atoms with Crippen LogP contribution in [0.3, 0.4) is 0 Å². The summed E-state index contributed by atoms with van der Waals surface area (Å²) in [6.45, 7) is 4.77. The summed E-state index contributed by atoms with van der Waals surface area (Å²) < 4.78 is 8.93. The summed E-state index contributed by atoms with van der Waals surface area (Å²) in [4.78, 5) is 2.53. The molecule has 0 fully saturated rings. The van der Waals surface area contributed by atoms with Crippen molar-refractivity contribution in [3.8, 4) is 22.3 Å². The average Bonchev–Trinajstić information content (AvgIpc) is 4.03. The summed E-state index contributed by atoms with van der Waals surface area (Å²) in [5, 5.41) is 4.76. The second-order valence-corrected chi connectivity index (χ2v) is 18.2. The lowest BCUT2D eigenvalue weighted by Gasteiger charge is -2.34. The Morgan fingerprint density at radius 1 is 0.426 bits per heavy atom. The van der Waals surface area contributed by atoms with Gasteiger partial charge in [0.05, 0.1) is 16.8 Å². The zero-order valence-corrected chi connectivity index (χ0v) is 34.6. The molecular formula is C58H39NOS. The van der Waals surface area contributed by atoms with Crippen molar-refractivity contribution >= 4 is 70.5 Å². The molecule has 2 aromatic heterocycles. The second-order valence-electron chi connectivity index (χ2n) is 17.2. The molecular weight excluding hydrogens is 759 g/mol. The quantitative estimate of drug-likeness (QED) is 0.172. The Morgan fingerprint density at radius 3 is 1.84 bits per heavy atom. The number of hydrogen-bond donors (Lipinski definition) is 0. The van der Waals surface area contributed by atoms with Crippen LogP contribution < -0.4 is 4.90 Å². The van der Waals surface area contributed by atoms with Gasteiger partial charge in [-0.3, -0.25) is 0 Å². The van der Waals surface area contributed by atoms with Crippen LogP contribution in [0.5, 0.6) is 0 Å². The van der Waals surface area contributed by atoms with Crippen LogP contribution in [-0.4, -0.2) is 0 Å². The van der Waals surface area contributed by atoms with E-state index in [0.717, 1.165) is 33.3 Å². The zero-order valence-electron chi connectivity index (χ0n) is 33.8. The highest BCUT2D eigenvalue weighted by molar-refractivity contribution is 7.26. The molecule has 0 atom stereocenters. The Hall–Kier alpha value is -7.20. The van der Waals surface area contributed by atoms with E-state index in [-0.39, 0.29) is 5.41 Å². The molecule has 0 N–H and O–H groups in total. The van der Waals surface area contributed by atoms with Crippen LogP contribution in [0, 0.1) is 0 Å². The standard InChI is InChI=1S/C58H39NOS/c1-57(2)46-23-10-6-20-41(46)43-22-14-27-50(56(43)57)59(38-31-33-52-45(35-38)42-21-9-13-28-51(42)60-52)49-26-15-29-53-55(49)44-32-30-37(34-54(44)61-53)58(36-16-4-3-5-17-36)47-24-11-7-18-39(47)40-19-8-12-25-48(40)58/h3-35H,1-2H3. The molecule has 9 aromatic carbocycles. The number of nitrogens with zero attached hydrogens (tertiary/aromatic N) is 1. The Kier molecular flexibility index (Phi) is 7.19. The molecule has 3 heteroatoms. The third kappa shape index (κ3) is 4.67. The Bertz CT molecular complexity index is 3540. The van der Waals surface area contributed by atoms with Crippen molar-refractivity contribution in [3.05, 3.63) is 234 Å². The molecule has 0 radical (unpaired) electrons. The molecule has 0 saturated heterocycles. The molecule has 288 valence electrons. The average molecular weight is 798 g/mol. The van der Waals surface area contributed by atoms with Gasteiger partial charge in [0.1, 0.15) is 11.2 Å². The predicted molar refractivity (Wildman–Crippen MR) is 256 cm³/mol. The van der Waals surface area contributed by atoms with E-state index in [1.807, 2.05) is 17.4 Å². The van der Waals surface area contributed by atoms with Gasteiger partial charge in [0.15, 0.2) is 0 Å². The van der Waals surface area contributed by atoms with E-state index in [0.29, 0.717) is 0 Å². The van der Waals surface area contributed by atoms with Crippen LogP contribution in [0.4, 0.5) is 17.1 Å². The summed E-state index contributed by atoms with van der Waals surface area (Å²) in [5.41, 5.74) is 17.7. The minimum atomic E-state index is -0.457. The van der Waals surface area contributed by atoms with Crippen molar-refractivity contribution in [2.45, 2.75) is 24.7 Å². The van der Waals surface area contributed by atoms with Crippen LogP contribution in [0.2, 0.25) is 0 Å². The smallest absolute Gasteiger partial charge is 0.135 e. The summed E-state index contributed by atoms with van der Waals surface area (Å²) in [6, 6.07) is 74.2. The number of benzene rings is 9. The predicted octanol–water partition coefficient (Wildman–Crippen LogP) is 16.1. The topological polar surface area (TPSA) is 16.4 Å². The van der Waals surface area contributed by atoms with E-state index >= 15 is 0 Å². The van der Waals surface area contributed by atoms with Crippen molar-refractivity contribution in [2.24, 2.45) is 0 Å². The zero-order chi connectivity index (χ0) is 40.5. The first kappa shape index (κ1) is 34.6. The van der Waals surface area contributed by atoms with Gasteiger partial charge in [0.25, 0.3) is 0 Å². The highest BCUT2D eigenvalue weighted by Gasteiger charge is 2.46. The van der Waals surface area contributed by atoms with Crippen molar-refractivity contribution in [3.63, 3.8) is 0 Å². The lowest BCUT2D eigenvalue weighted by atomic mass is 9.67. The van der Waals surface area contributed by atoms with E-state index in [2.05, 4.69) is 213 Å². The van der Waals surface area contributed by atoms with E-state index < -0.39 is 5.41 Å². The monoisotopic (exact) mass is 797 g/mol. The van der Waals surface area contributed by atoms with Gasteiger partial charge in [-0.15, -0.1) is 11.3 Å². The highest BCUT2D eigenvalue weighted by atomic mass is 32.1. The maximum Gasteiger partial charge on any atom is 0.135 e. The molecule has 0 bridgehead atoms. The molecule has 2 nitrogen and oxygen atoms in total. The number of hydrogen-bond acceptors (Lipinski definition) is 3. The van der Waals surface area contributed by atoms with E-state index in [9.17, 15) is 0 Å². The Labute approximate surface area is 358 Å². The number of furan rings is 1. The van der Waals surface area contributed by atoms with Crippen molar-refractivity contribution in [1.82, 2.24) is 0 Å². The first-order valence-corrected chi connectivity index (χ1v) is 22.0. The minimum Gasteiger partial charge on any atom is -0.456 e. The van der Waals surface area contributed by atoms with Crippen LogP contribution in [-0.2, 0) is 10.8 Å². The fraction of sp³-hybridized carbons (Fsp3) is 0.0690. The second kappa shape index (κ2) is 12.7. The van der Waals surface area contributed by atoms with Gasteiger partial charge in [0, 0.05) is 42.0 Å².